The van der Waals surface area contributed by atoms with Gasteiger partial charge >= 0.3 is 0 Å². The smallest absolute Gasteiger partial charge is 0.166 e. The van der Waals surface area contributed by atoms with Gasteiger partial charge < -0.3 is 10.6 Å². The highest BCUT2D eigenvalue weighted by atomic mass is 32.1. The third-order valence-corrected chi connectivity index (χ3v) is 2.47. The minimum Gasteiger partial charge on any atom is -0.366 e. The first kappa shape index (κ1) is 11.0. The predicted molar refractivity (Wildman–Crippen MR) is 64.4 cm³/mol. The van der Waals surface area contributed by atoms with Gasteiger partial charge in [0, 0.05) is 7.05 Å². The molecule has 0 fully saturated rings. The highest BCUT2D eigenvalue weighted by Crippen LogP contribution is 2.12. The maximum absolute atomic E-state index is 5.04. The second-order valence-electron chi connectivity index (χ2n) is 3.36. The van der Waals surface area contributed by atoms with E-state index in [1.54, 1.807) is 0 Å². The third-order valence-electron chi connectivity index (χ3n) is 2.15. The van der Waals surface area contributed by atoms with Crippen LogP contribution in [0.4, 0.5) is 0 Å². The monoisotopic (exact) mass is 208 g/mol. The molecule has 3 heteroatoms. The van der Waals surface area contributed by atoms with E-state index in [0.717, 1.165) is 0 Å². The Kier molecular flexibility index (Phi) is 3.89. The number of rotatable bonds is 2. The van der Waals surface area contributed by atoms with Crippen molar-refractivity contribution in [2.24, 2.45) is 0 Å². The highest BCUT2D eigenvalue weighted by molar-refractivity contribution is 7.80. The molecule has 2 nitrogen and oxygen atoms in total. The van der Waals surface area contributed by atoms with Crippen LogP contribution in [0.25, 0.3) is 0 Å². The van der Waals surface area contributed by atoms with Gasteiger partial charge in [0.2, 0.25) is 0 Å². The standard InChI is InChI=1S/C11H16N2S/c1-8-4-6-10(7-5-8)9(2)13-11(14)12-3/h4-7,9H,1-3H3,(H2,12,13,14). The van der Waals surface area contributed by atoms with Crippen LogP contribution in [0.5, 0.6) is 0 Å². The van der Waals surface area contributed by atoms with Crippen LogP contribution < -0.4 is 10.6 Å². The zero-order chi connectivity index (χ0) is 10.6. The van der Waals surface area contributed by atoms with Gasteiger partial charge in [0.1, 0.15) is 0 Å². The number of aryl methyl sites for hydroxylation is 1. The summed E-state index contributed by atoms with van der Waals surface area (Å²) in [6.45, 7) is 4.18. The van der Waals surface area contributed by atoms with Gasteiger partial charge in [0.25, 0.3) is 0 Å². The average Bonchev–Trinajstić information content (AvgIpc) is 2.18. The molecule has 2 N–H and O–H groups in total. The molecule has 0 aliphatic heterocycles. The highest BCUT2D eigenvalue weighted by Gasteiger charge is 2.04. The van der Waals surface area contributed by atoms with E-state index in [1.807, 2.05) is 7.05 Å². The molecule has 76 valence electrons. The molecule has 1 rings (SSSR count). The summed E-state index contributed by atoms with van der Waals surface area (Å²) in [5.41, 5.74) is 2.52. The lowest BCUT2D eigenvalue weighted by Crippen LogP contribution is -2.34. The summed E-state index contributed by atoms with van der Waals surface area (Å²) in [6, 6.07) is 8.69. The lowest BCUT2D eigenvalue weighted by atomic mass is 10.1. The summed E-state index contributed by atoms with van der Waals surface area (Å²) in [4.78, 5) is 0. The lowest BCUT2D eigenvalue weighted by Gasteiger charge is -2.15. The molecule has 1 unspecified atom stereocenters. The Labute approximate surface area is 90.7 Å². The van der Waals surface area contributed by atoms with E-state index < -0.39 is 0 Å². The summed E-state index contributed by atoms with van der Waals surface area (Å²) in [7, 11) is 1.82. The van der Waals surface area contributed by atoms with E-state index in [2.05, 4.69) is 48.7 Å². The van der Waals surface area contributed by atoms with Gasteiger partial charge in [-0.15, -0.1) is 0 Å². The maximum atomic E-state index is 5.04. The average molecular weight is 208 g/mol. The van der Waals surface area contributed by atoms with E-state index in [9.17, 15) is 0 Å². The van der Waals surface area contributed by atoms with E-state index >= 15 is 0 Å². The first-order chi connectivity index (χ1) is 6.63. The van der Waals surface area contributed by atoms with Gasteiger partial charge in [0.15, 0.2) is 5.11 Å². The van der Waals surface area contributed by atoms with Gasteiger partial charge in [-0.05, 0) is 31.6 Å². The van der Waals surface area contributed by atoms with Gasteiger partial charge in [-0.2, -0.15) is 0 Å². The molecule has 0 radical (unpaired) electrons. The number of benzene rings is 1. The summed E-state index contributed by atoms with van der Waals surface area (Å²) in [5.74, 6) is 0. The van der Waals surface area contributed by atoms with Crippen LogP contribution in [0, 0.1) is 6.92 Å². The third kappa shape index (κ3) is 3.00. The van der Waals surface area contributed by atoms with Crippen molar-refractivity contribution >= 4 is 17.3 Å². The molecule has 0 bridgehead atoms. The number of nitrogens with one attached hydrogen (secondary N) is 2. The Morgan fingerprint density at radius 2 is 1.86 bits per heavy atom. The summed E-state index contributed by atoms with van der Waals surface area (Å²) >= 11 is 5.04. The fourth-order valence-electron chi connectivity index (χ4n) is 1.21. The van der Waals surface area contributed by atoms with Crippen molar-refractivity contribution in [3.63, 3.8) is 0 Å². The topological polar surface area (TPSA) is 24.1 Å². The fraction of sp³-hybridized carbons (Fsp3) is 0.364. The van der Waals surface area contributed by atoms with Gasteiger partial charge in [-0.1, -0.05) is 29.8 Å². The van der Waals surface area contributed by atoms with Crippen molar-refractivity contribution in [3.05, 3.63) is 35.4 Å². The molecular weight excluding hydrogens is 192 g/mol. The molecule has 0 heterocycles. The summed E-state index contributed by atoms with van der Waals surface area (Å²) in [6.07, 6.45) is 0. The van der Waals surface area contributed by atoms with Crippen molar-refractivity contribution in [3.8, 4) is 0 Å². The molecular formula is C11H16N2S. The van der Waals surface area contributed by atoms with Crippen molar-refractivity contribution in [1.29, 1.82) is 0 Å². The molecule has 1 atom stereocenters. The van der Waals surface area contributed by atoms with Gasteiger partial charge in [-0.3, -0.25) is 0 Å². The second-order valence-corrected chi connectivity index (χ2v) is 3.76. The van der Waals surface area contributed by atoms with Crippen LogP contribution in [0.2, 0.25) is 0 Å². The summed E-state index contributed by atoms with van der Waals surface area (Å²) < 4.78 is 0. The molecule has 0 aliphatic rings. The molecule has 0 amide bonds. The fourth-order valence-corrected chi connectivity index (χ4v) is 1.38. The summed E-state index contributed by atoms with van der Waals surface area (Å²) in [5, 5.41) is 6.76. The van der Waals surface area contributed by atoms with Crippen LogP contribution in [0.15, 0.2) is 24.3 Å². The van der Waals surface area contributed by atoms with Crippen molar-refractivity contribution < 1.29 is 0 Å². The first-order valence-corrected chi connectivity index (χ1v) is 5.09. The van der Waals surface area contributed by atoms with E-state index in [4.69, 9.17) is 12.2 Å². The molecule has 0 aromatic heterocycles. The Hall–Kier alpha value is -1.09. The number of hydrogen-bond donors (Lipinski definition) is 2. The molecule has 0 saturated heterocycles. The SMILES string of the molecule is CNC(=S)NC(C)c1ccc(C)cc1. The predicted octanol–water partition coefficient (Wildman–Crippen LogP) is 2.15. The Bertz CT molecular complexity index is 306. The Balaban J connectivity index is 2.65. The normalized spacial score (nSPS) is 11.9. The molecule has 0 spiro atoms. The minimum atomic E-state index is 0.246. The van der Waals surface area contributed by atoms with E-state index in [1.165, 1.54) is 11.1 Å². The zero-order valence-electron chi connectivity index (χ0n) is 8.79. The van der Waals surface area contributed by atoms with Crippen molar-refractivity contribution in [1.82, 2.24) is 10.6 Å². The van der Waals surface area contributed by atoms with E-state index in [-0.39, 0.29) is 6.04 Å². The molecule has 14 heavy (non-hydrogen) atoms. The lowest BCUT2D eigenvalue weighted by molar-refractivity contribution is 0.709. The zero-order valence-corrected chi connectivity index (χ0v) is 9.61. The van der Waals surface area contributed by atoms with Gasteiger partial charge in [0.05, 0.1) is 6.04 Å². The van der Waals surface area contributed by atoms with Crippen LogP contribution in [-0.2, 0) is 0 Å². The van der Waals surface area contributed by atoms with Crippen LogP contribution >= 0.6 is 12.2 Å². The quantitative estimate of drug-likeness (QED) is 0.728. The second kappa shape index (κ2) is 4.96. The molecule has 0 aliphatic carbocycles. The van der Waals surface area contributed by atoms with Crippen LogP contribution in [-0.4, -0.2) is 12.2 Å². The van der Waals surface area contributed by atoms with Crippen molar-refractivity contribution in [2.45, 2.75) is 19.9 Å². The Morgan fingerprint density at radius 3 is 2.36 bits per heavy atom. The molecule has 0 saturated carbocycles. The molecule has 1 aromatic rings. The van der Waals surface area contributed by atoms with Crippen LogP contribution in [0.3, 0.4) is 0 Å². The van der Waals surface area contributed by atoms with E-state index in [0.29, 0.717) is 5.11 Å². The Morgan fingerprint density at radius 1 is 1.29 bits per heavy atom. The largest absolute Gasteiger partial charge is 0.366 e. The van der Waals surface area contributed by atoms with Crippen LogP contribution in [0.1, 0.15) is 24.1 Å². The van der Waals surface area contributed by atoms with Gasteiger partial charge in [-0.25, -0.2) is 0 Å². The minimum absolute atomic E-state index is 0.246. The maximum Gasteiger partial charge on any atom is 0.166 e. The number of thiocarbonyl (C=S) groups is 1. The molecule has 1 aromatic carbocycles. The van der Waals surface area contributed by atoms with Crippen molar-refractivity contribution in [2.75, 3.05) is 7.05 Å². The number of hydrogen-bond acceptors (Lipinski definition) is 1. The first-order valence-electron chi connectivity index (χ1n) is 4.68.